The molecule has 1 heteroatoms. The van der Waals surface area contributed by atoms with Crippen molar-refractivity contribution >= 4 is 5.69 Å². The molecular weight excluding hydrogens is 206 g/mol. The van der Waals surface area contributed by atoms with E-state index in [9.17, 15) is 0 Å². The number of rotatable bonds is 2. The van der Waals surface area contributed by atoms with Crippen LogP contribution in [0, 0.1) is 6.92 Å². The van der Waals surface area contributed by atoms with Crippen LogP contribution in [0.15, 0.2) is 42.5 Å². The minimum atomic E-state index is 0.553. The van der Waals surface area contributed by atoms with Crippen LogP contribution in [0.25, 0.3) is 11.1 Å². The summed E-state index contributed by atoms with van der Waals surface area (Å²) in [7, 11) is 0. The predicted octanol–water partition coefficient (Wildman–Crippen LogP) is 4.37. The molecule has 0 unspecified atom stereocenters. The van der Waals surface area contributed by atoms with Crippen molar-refractivity contribution in [2.24, 2.45) is 0 Å². The molecule has 0 aromatic heterocycles. The summed E-state index contributed by atoms with van der Waals surface area (Å²) in [6, 6.07) is 14.9. The average molecular weight is 225 g/mol. The van der Waals surface area contributed by atoms with Crippen LogP contribution in [0.2, 0.25) is 0 Å². The van der Waals surface area contributed by atoms with E-state index in [1.54, 1.807) is 0 Å². The van der Waals surface area contributed by atoms with Gasteiger partial charge in [0.1, 0.15) is 0 Å². The van der Waals surface area contributed by atoms with E-state index in [1.165, 1.54) is 16.7 Å². The van der Waals surface area contributed by atoms with Crippen LogP contribution in [0.4, 0.5) is 5.69 Å². The number of hydrogen-bond donors (Lipinski definition) is 1. The Labute approximate surface area is 103 Å². The molecule has 0 aliphatic heterocycles. The van der Waals surface area contributed by atoms with Gasteiger partial charge in [-0.05, 0) is 41.2 Å². The Morgan fingerprint density at radius 3 is 2.29 bits per heavy atom. The summed E-state index contributed by atoms with van der Waals surface area (Å²) in [5.74, 6) is 0.553. The first-order valence-corrected chi connectivity index (χ1v) is 6.04. The molecular formula is C16H19N. The minimum absolute atomic E-state index is 0.553. The molecule has 2 N–H and O–H groups in total. The van der Waals surface area contributed by atoms with Gasteiger partial charge in [0, 0.05) is 5.69 Å². The Hall–Kier alpha value is -1.76. The summed E-state index contributed by atoms with van der Waals surface area (Å²) in [6.07, 6.45) is 0. The quantitative estimate of drug-likeness (QED) is 0.755. The SMILES string of the molecule is Cc1ccc(-c2cccc(C(C)C)c2)cc1N. The number of benzene rings is 2. The van der Waals surface area contributed by atoms with Crippen LogP contribution in [-0.4, -0.2) is 0 Å². The molecule has 0 saturated carbocycles. The van der Waals surface area contributed by atoms with Gasteiger partial charge in [-0.3, -0.25) is 0 Å². The molecule has 0 heterocycles. The maximum absolute atomic E-state index is 5.96. The van der Waals surface area contributed by atoms with Crippen molar-refractivity contribution in [2.45, 2.75) is 26.7 Å². The first kappa shape index (κ1) is 11.7. The zero-order valence-electron chi connectivity index (χ0n) is 10.7. The second-order valence-corrected chi connectivity index (χ2v) is 4.85. The first-order chi connectivity index (χ1) is 8.08. The van der Waals surface area contributed by atoms with Crippen molar-refractivity contribution in [3.8, 4) is 11.1 Å². The van der Waals surface area contributed by atoms with E-state index in [1.807, 2.05) is 6.92 Å². The van der Waals surface area contributed by atoms with Gasteiger partial charge in [-0.25, -0.2) is 0 Å². The molecule has 0 fully saturated rings. The lowest BCUT2D eigenvalue weighted by Crippen LogP contribution is -1.91. The molecule has 0 spiro atoms. The third-order valence-electron chi connectivity index (χ3n) is 3.17. The highest BCUT2D eigenvalue weighted by molar-refractivity contribution is 5.69. The summed E-state index contributed by atoms with van der Waals surface area (Å²) >= 11 is 0. The molecule has 17 heavy (non-hydrogen) atoms. The highest BCUT2D eigenvalue weighted by Crippen LogP contribution is 2.26. The lowest BCUT2D eigenvalue weighted by atomic mass is 9.96. The van der Waals surface area contributed by atoms with Crippen LogP contribution < -0.4 is 5.73 Å². The highest BCUT2D eigenvalue weighted by Gasteiger charge is 2.03. The number of aryl methyl sites for hydroxylation is 1. The first-order valence-electron chi connectivity index (χ1n) is 6.04. The summed E-state index contributed by atoms with van der Waals surface area (Å²) in [6.45, 7) is 6.45. The second-order valence-electron chi connectivity index (χ2n) is 4.85. The van der Waals surface area contributed by atoms with Gasteiger partial charge in [-0.15, -0.1) is 0 Å². The summed E-state index contributed by atoms with van der Waals surface area (Å²) in [5, 5.41) is 0. The van der Waals surface area contributed by atoms with E-state index >= 15 is 0 Å². The Morgan fingerprint density at radius 2 is 1.65 bits per heavy atom. The molecule has 0 atom stereocenters. The van der Waals surface area contributed by atoms with Crippen molar-refractivity contribution in [1.82, 2.24) is 0 Å². The zero-order chi connectivity index (χ0) is 12.4. The van der Waals surface area contributed by atoms with Crippen molar-refractivity contribution in [2.75, 3.05) is 5.73 Å². The highest BCUT2D eigenvalue weighted by atomic mass is 14.5. The van der Waals surface area contributed by atoms with Crippen LogP contribution >= 0.6 is 0 Å². The van der Waals surface area contributed by atoms with Crippen molar-refractivity contribution in [3.05, 3.63) is 53.6 Å². The number of hydrogen-bond acceptors (Lipinski definition) is 1. The van der Waals surface area contributed by atoms with Gasteiger partial charge in [0.05, 0.1) is 0 Å². The van der Waals surface area contributed by atoms with Crippen molar-refractivity contribution in [1.29, 1.82) is 0 Å². The van der Waals surface area contributed by atoms with Gasteiger partial charge in [-0.2, -0.15) is 0 Å². The molecule has 0 aliphatic rings. The Balaban J connectivity index is 2.45. The van der Waals surface area contributed by atoms with Gasteiger partial charge in [0.25, 0.3) is 0 Å². The third kappa shape index (κ3) is 2.50. The summed E-state index contributed by atoms with van der Waals surface area (Å²) in [5.41, 5.74) is 11.7. The zero-order valence-corrected chi connectivity index (χ0v) is 10.7. The molecule has 0 aliphatic carbocycles. The number of anilines is 1. The Kier molecular flexibility index (Phi) is 3.19. The monoisotopic (exact) mass is 225 g/mol. The van der Waals surface area contributed by atoms with Crippen molar-refractivity contribution < 1.29 is 0 Å². The second kappa shape index (κ2) is 4.62. The molecule has 2 aromatic carbocycles. The van der Waals surface area contributed by atoms with Crippen LogP contribution in [-0.2, 0) is 0 Å². The third-order valence-corrected chi connectivity index (χ3v) is 3.17. The largest absolute Gasteiger partial charge is 0.398 e. The fourth-order valence-corrected chi connectivity index (χ4v) is 1.90. The van der Waals surface area contributed by atoms with Gasteiger partial charge in [0.2, 0.25) is 0 Å². The summed E-state index contributed by atoms with van der Waals surface area (Å²) < 4.78 is 0. The fraction of sp³-hybridized carbons (Fsp3) is 0.250. The van der Waals surface area contributed by atoms with E-state index in [0.717, 1.165) is 11.3 Å². The predicted molar refractivity (Wildman–Crippen MR) is 75.1 cm³/mol. The van der Waals surface area contributed by atoms with Gasteiger partial charge >= 0.3 is 0 Å². The molecule has 0 amide bonds. The average Bonchev–Trinajstić information content (AvgIpc) is 2.33. The Morgan fingerprint density at radius 1 is 0.941 bits per heavy atom. The van der Waals surface area contributed by atoms with E-state index < -0.39 is 0 Å². The van der Waals surface area contributed by atoms with Crippen LogP contribution in [0.1, 0.15) is 30.9 Å². The minimum Gasteiger partial charge on any atom is -0.398 e. The standard InChI is InChI=1S/C16H19N/c1-11(2)13-5-4-6-14(9-13)15-8-7-12(3)16(17)10-15/h4-11H,17H2,1-3H3. The smallest absolute Gasteiger partial charge is 0.0349 e. The molecule has 1 nitrogen and oxygen atoms in total. The van der Waals surface area contributed by atoms with Gasteiger partial charge < -0.3 is 5.73 Å². The van der Waals surface area contributed by atoms with Crippen molar-refractivity contribution in [3.63, 3.8) is 0 Å². The molecule has 88 valence electrons. The van der Waals surface area contributed by atoms with E-state index in [0.29, 0.717) is 5.92 Å². The maximum Gasteiger partial charge on any atom is 0.0349 e. The Bertz CT molecular complexity index is 527. The lowest BCUT2D eigenvalue weighted by molar-refractivity contribution is 0.867. The maximum atomic E-state index is 5.96. The van der Waals surface area contributed by atoms with Crippen LogP contribution in [0.3, 0.4) is 0 Å². The number of nitrogens with two attached hydrogens (primary N) is 1. The number of nitrogen functional groups attached to an aromatic ring is 1. The van der Waals surface area contributed by atoms with Gasteiger partial charge in [0.15, 0.2) is 0 Å². The molecule has 0 saturated heterocycles. The fourth-order valence-electron chi connectivity index (χ4n) is 1.90. The van der Waals surface area contributed by atoms with Crippen LogP contribution in [0.5, 0.6) is 0 Å². The normalized spacial score (nSPS) is 10.8. The van der Waals surface area contributed by atoms with E-state index in [4.69, 9.17) is 5.73 Å². The molecule has 0 radical (unpaired) electrons. The molecule has 0 bridgehead atoms. The summed E-state index contributed by atoms with van der Waals surface area (Å²) in [4.78, 5) is 0. The molecule has 2 aromatic rings. The van der Waals surface area contributed by atoms with E-state index in [-0.39, 0.29) is 0 Å². The lowest BCUT2D eigenvalue weighted by Gasteiger charge is -2.09. The van der Waals surface area contributed by atoms with E-state index in [2.05, 4.69) is 56.3 Å². The molecule has 2 rings (SSSR count). The van der Waals surface area contributed by atoms with Gasteiger partial charge in [-0.1, -0.05) is 50.2 Å². The topological polar surface area (TPSA) is 26.0 Å².